The Morgan fingerprint density at radius 3 is 2.69 bits per heavy atom. The molecule has 5 nitrogen and oxygen atoms in total. The molecule has 1 heterocycles. The van der Waals surface area contributed by atoms with Gasteiger partial charge in [0.15, 0.2) is 18.5 Å². The van der Waals surface area contributed by atoms with Crippen LogP contribution in [0.25, 0.3) is 11.0 Å². The fourth-order valence-electron chi connectivity index (χ4n) is 2.54. The van der Waals surface area contributed by atoms with Gasteiger partial charge in [0.25, 0.3) is 0 Å². The van der Waals surface area contributed by atoms with E-state index in [9.17, 15) is 18.0 Å². The molecule has 8 heteroatoms. The van der Waals surface area contributed by atoms with Gasteiger partial charge >= 0.3 is 12.5 Å². The summed E-state index contributed by atoms with van der Waals surface area (Å²) in [5, 5.41) is 0. The summed E-state index contributed by atoms with van der Waals surface area (Å²) in [7, 11) is 0. The molecule has 0 aliphatic carbocycles. The van der Waals surface area contributed by atoms with Crippen LogP contribution in [0.3, 0.4) is 0 Å². The minimum atomic E-state index is -2.83. The van der Waals surface area contributed by atoms with E-state index in [0.29, 0.717) is 5.52 Å². The van der Waals surface area contributed by atoms with Gasteiger partial charge in [0, 0.05) is 6.07 Å². The van der Waals surface area contributed by atoms with Crippen molar-refractivity contribution >= 4 is 17.0 Å². The topological polar surface area (TPSA) is 53.4 Å². The van der Waals surface area contributed by atoms with Gasteiger partial charge in [0.2, 0.25) is 0 Å². The van der Waals surface area contributed by atoms with Gasteiger partial charge in [-0.2, -0.15) is 8.78 Å². The predicted octanol–water partition coefficient (Wildman–Crippen LogP) is 4.25. The van der Waals surface area contributed by atoms with E-state index in [4.69, 9.17) is 9.47 Å². The number of rotatable bonds is 6. The van der Waals surface area contributed by atoms with Crippen molar-refractivity contribution in [2.75, 3.05) is 6.61 Å². The van der Waals surface area contributed by atoms with E-state index >= 15 is 0 Å². The molecule has 136 valence electrons. The first-order chi connectivity index (χ1) is 12.5. The van der Waals surface area contributed by atoms with Crippen LogP contribution in [0.15, 0.2) is 48.5 Å². The highest BCUT2D eigenvalue weighted by Gasteiger charge is 2.24. The second-order valence-corrected chi connectivity index (χ2v) is 5.48. The first-order valence-electron chi connectivity index (χ1n) is 7.78. The van der Waals surface area contributed by atoms with E-state index in [0.717, 1.165) is 10.6 Å². The lowest BCUT2D eigenvalue weighted by Gasteiger charge is -2.15. The van der Waals surface area contributed by atoms with Crippen LogP contribution in [0, 0.1) is 5.82 Å². The van der Waals surface area contributed by atoms with E-state index in [1.807, 2.05) is 0 Å². The Kier molecular flexibility index (Phi) is 5.11. The van der Waals surface area contributed by atoms with Gasteiger partial charge in [-0.3, -0.25) is 4.57 Å². The van der Waals surface area contributed by atoms with Gasteiger partial charge in [-0.1, -0.05) is 18.2 Å². The highest BCUT2D eigenvalue weighted by atomic mass is 19.3. The zero-order valence-electron chi connectivity index (χ0n) is 13.7. The molecule has 26 heavy (non-hydrogen) atoms. The summed E-state index contributed by atoms with van der Waals surface area (Å²) in [5.41, 5.74) is 0.623. The van der Waals surface area contributed by atoms with Crippen molar-refractivity contribution in [3.05, 3.63) is 60.2 Å². The average molecular weight is 364 g/mol. The summed E-state index contributed by atoms with van der Waals surface area (Å²) in [6.45, 7) is -1.87. The summed E-state index contributed by atoms with van der Waals surface area (Å²) in [5.74, 6) is -1.20. The minimum Gasteiger partial charge on any atom is -0.482 e. The number of ether oxygens (including phenoxy) is 2. The predicted molar refractivity (Wildman–Crippen MR) is 87.4 cm³/mol. The normalized spacial score (nSPS) is 12.3. The van der Waals surface area contributed by atoms with Gasteiger partial charge in [0.05, 0.1) is 11.0 Å². The Hall–Kier alpha value is -3.03. The van der Waals surface area contributed by atoms with Gasteiger partial charge in [0.1, 0.15) is 11.6 Å². The van der Waals surface area contributed by atoms with Crippen LogP contribution in [-0.2, 0) is 9.53 Å². The second kappa shape index (κ2) is 7.47. The number of fused-ring (bicyclic) bond motifs is 1. The Balaban J connectivity index is 1.71. The Bertz CT molecular complexity index is 927. The summed E-state index contributed by atoms with van der Waals surface area (Å²) >= 11 is 0. The zero-order valence-corrected chi connectivity index (χ0v) is 13.7. The fourth-order valence-corrected chi connectivity index (χ4v) is 2.54. The summed E-state index contributed by atoms with van der Waals surface area (Å²) in [6, 6.07) is 11.7. The quantitative estimate of drug-likeness (QED) is 0.614. The maximum absolute atomic E-state index is 13.4. The standard InChI is InChI=1S/C18H15F3N2O3/c1-11(26-16(24)10-25-13-6-4-5-12(19)9-13)17-22-14-7-2-3-8-15(14)23(17)18(20)21/h2-9,11,18H,10H2,1H3. The molecule has 2 aromatic carbocycles. The summed E-state index contributed by atoms with van der Waals surface area (Å²) in [4.78, 5) is 16.0. The van der Waals surface area contributed by atoms with Gasteiger partial charge < -0.3 is 9.47 Å². The number of carbonyl (C=O) groups excluding carboxylic acids is 1. The Morgan fingerprint density at radius 1 is 1.19 bits per heavy atom. The third-order valence-corrected chi connectivity index (χ3v) is 3.64. The number of benzene rings is 2. The Morgan fingerprint density at radius 2 is 1.96 bits per heavy atom. The van der Waals surface area contributed by atoms with Crippen molar-refractivity contribution in [1.29, 1.82) is 0 Å². The highest BCUT2D eigenvalue weighted by molar-refractivity contribution is 5.76. The number of halogens is 3. The minimum absolute atomic E-state index is 0.0692. The van der Waals surface area contributed by atoms with Gasteiger partial charge in [-0.05, 0) is 31.2 Å². The molecule has 0 saturated carbocycles. The maximum atomic E-state index is 13.4. The molecule has 0 radical (unpaired) electrons. The number of esters is 1. The first kappa shape index (κ1) is 17.8. The van der Waals surface area contributed by atoms with Crippen LogP contribution in [0.4, 0.5) is 13.2 Å². The molecular formula is C18H15F3N2O3. The van der Waals surface area contributed by atoms with Crippen molar-refractivity contribution in [2.24, 2.45) is 0 Å². The zero-order chi connectivity index (χ0) is 18.7. The van der Waals surface area contributed by atoms with Crippen LogP contribution in [0.1, 0.15) is 25.4 Å². The summed E-state index contributed by atoms with van der Waals surface area (Å²) in [6.07, 6.45) is -1.01. The maximum Gasteiger partial charge on any atom is 0.344 e. The van der Waals surface area contributed by atoms with E-state index < -0.39 is 31.0 Å². The lowest BCUT2D eigenvalue weighted by atomic mass is 10.3. The number of alkyl halides is 2. The SMILES string of the molecule is CC(OC(=O)COc1cccc(F)c1)c1nc2ccccc2n1C(F)F. The van der Waals surface area contributed by atoms with Crippen molar-refractivity contribution in [2.45, 2.75) is 19.6 Å². The lowest BCUT2D eigenvalue weighted by Crippen LogP contribution is -2.19. The molecule has 0 bridgehead atoms. The molecule has 0 spiro atoms. The van der Waals surface area contributed by atoms with Crippen molar-refractivity contribution < 1.29 is 27.4 Å². The molecule has 3 aromatic rings. The largest absolute Gasteiger partial charge is 0.482 e. The molecule has 1 atom stereocenters. The molecule has 0 aliphatic rings. The van der Waals surface area contributed by atoms with Crippen LogP contribution < -0.4 is 4.74 Å². The van der Waals surface area contributed by atoms with Gasteiger partial charge in [-0.15, -0.1) is 0 Å². The van der Waals surface area contributed by atoms with E-state index in [1.165, 1.54) is 31.2 Å². The fraction of sp³-hybridized carbons (Fsp3) is 0.222. The molecule has 1 unspecified atom stereocenters. The molecule has 0 fully saturated rings. The average Bonchev–Trinajstić information content (AvgIpc) is 3.00. The highest BCUT2D eigenvalue weighted by Crippen LogP contribution is 2.28. The first-order valence-corrected chi connectivity index (χ1v) is 7.78. The van der Waals surface area contributed by atoms with Crippen LogP contribution in [0.5, 0.6) is 5.75 Å². The molecule has 0 amide bonds. The number of hydrogen-bond acceptors (Lipinski definition) is 4. The number of hydrogen-bond donors (Lipinski definition) is 0. The number of nitrogens with zero attached hydrogens (tertiary/aromatic N) is 2. The smallest absolute Gasteiger partial charge is 0.344 e. The monoisotopic (exact) mass is 364 g/mol. The van der Waals surface area contributed by atoms with Crippen molar-refractivity contribution in [3.8, 4) is 5.75 Å². The molecule has 0 aliphatic heterocycles. The molecule has 0 N–H and O–H groups in total. The number of imidazole rings is 1. The third kappa shape index (κ3) is 3.79. The number of para-hydroxylation sites is 2. The Labute approximate surface area is 147 Å². The molecule has 3 rings (SSSR count). The van der Waals surface area contributed by atoms with Crippen molar-refractivity contribution in [3.63, 3.8) is 0 Å². The van der Waals surface area contributed by atoms with E-state index in [-0.39, 0.29) is 17.1 Å². The van der Waals surface area contributed by atoms with Gasteiger partial charge in [-0.25, -0.2) is 14.2 Å². The molecule has 1 aromatic heterocycles. The van der Waals surface area contributed by atoms with E-state index in [2.05, 4.69) is 4.98 Å². The van der Waals surface area contributed by atoms with E-state index in [1.54, 1.807) is 18.2 Å². The van der Waals surface area contributed by atoms with Crippen LogP contribution in [-0.4, -0.2) is 22.1 Å². The van der Waals surface area contributed by atoms with Crippen molar-refractivity contribution in [1.82, 2.24) is 9.55 Å². The number of carbonyl (C=O) groups is 1. The molecular weight excluding hydrogens is 349 g/mol. The van der Waals surface area contributed by atoms with Crippen LogP contribution in [0.2, 0.25) is 0 Å². The lowest BCUT2D eigenvalue weighted by molar-refractivity contribution is -0.151. The van der Waals surface area contributed by atoms with Crippen LogP contribution >= 0.6 is 0 Å². The summed E-state index contributed by atoms with van der Waals surface area (Å²) < 4.78 is 50.9. The third-order valence-electron chi connectivity index (χ3n) is 3.64. The molecule has 0 saturated heterocycles. The number of aromatic nitrogens is 2. The second-order valence-electron chi connectivity index (χ2n) is 5.48.